The number of aliphatic hydroxyl groups excluding tert-OH is 1. The topological polar surface area (TPSA) is 91.0 Å². The first-order valence-electron chi connectivity index (χ1n) is 9.26. The van der Waals surface area contributed by atoms with E-state index in [9.17, 15) is 9.90 Å². The average Bonchev–Trinajstić information content (AvgIpc) is 3.10. The van der Waals surface area contributed by atoms with Gasteiger partial charge in [-0.15, -0.1) is 0 Å². The van der Waals surface area contributed by atoms with Crippen molar-refractivity contribution in [1.29, 1.82) is 0 Å². The van der Waals surface area contributed by atoms with E-state index in [1.165, 1.54) is 0 Å². The van der Waals surface area contributed by atoms with Gasteiger partial charge in [-0.05, 0) is 25.7 Å². The quantitative estimate of drug-likeness (QED) is 0.550. The highest BCUT2D eigenvalue weighted by Crippen LogP contribution is 2.28. The lowest BCUT2D eigenvalue weighted by atomic mass is 9.80. The van der Waals surface area contributed by atoms with Gasteiger partial charge in [-0.25, -0.2) is 0 Å². The molecule has 0 unspecified atom stereocenters. The molecule has 1 fully saturated rings. The predicted octanol–water partition coefficient (Wildman–Crippen LogP) is 2.54. The molecule has 144 valence electrons. The normalized spacial score (nSPS) is 20.3. The van der Waals surface area contributed by atoms with Gasteiger partial charge in [0.2, 0.25) is 5.76 Å². The van der Waals surface area contributed by atoms with Gasteiger partial charge in [0.15, 0.2) is 0 Å². The minimum Gasteiger partial charge on any atom is -0.393 e. The van der Waals surface area contributed by atoms with Gasteiger partial charge >= 0.3 is 0 Å². The van der Waals surface area contributed by atoms with E-state index in [0.717, 1.165) is 24.9 Å². The molecule has 1 aliphatic carbocycles. The van der Waals surface area contributed by atoms with E-state index in [0.29, 0.717) is 18.0 Å². The van der Waals surface area contributed by atoms with Gasteiger partial charge in [0.25, 0.3) is 5.91 Å². The standard InChI is InChI=1S/C20H26N4O3/c1-14(25)8-9-21-24(2)13-15-10-17(11-15)22-20(26)19-12-18(23-27-19)16-6-4-3-5-7-16/h3-7,9,12,14-15,17,25H,8,10-11,13H2,1-2H3,(H,22,26)/b21-9-/t14-,15-,17-/m1/s1. The molecule has 2 aromatic rings. The zero-order chi connectivity index (χ0) is 19.2. The molecule has 1 saturated carbocycles. The first kappa shape index (κ1) is 19.1. The number of aromatic nitrogens is 1. The van der Waals surface area contributed by atoms with Crippen LogP contribution >= 0.6 is 0 Å². The Morgan fingerprint density at radius 2 is 2.19 bits per heavy atom. The van der Waals surface area contributed by atoms with Gasteiger partial charge in [0.1, 0.15) is 5.69 Å². The number of aliphatic hydroxyl groups is 1. The lowest BCUT2D eigenvalue weighted by Crippen LogP contribution is -2.46. The molecule has 0 aliphatic heterocycles. The fourth-order valence-electron chi connectivity index (χ4n) is 3.15. The fraction of sp³-hybridized carbons (Fsp3) is 0.450. The summed E-state index contributed by atoms with van der Waals surface area (Å²) in [5.41, 5.74) is 1.58. The van der Waals surface area contributed by atoms with E-state index in [-0.39, 0.29) is 23.8 Å². The maximum atomic E-state index is 12.3. The second-order valence-electron chi connectivity index (χ2n) is 7.17. The largest absolute Gasteiger partial charge is 0.393 e. The number of rotatable bonds is 8. The molecule has 0 saturated heterocycles. The number of nitrogens with zero attached hydrogens (tertiary/aromatic N) is 3. The summed E-state index contributed by atoms with van der Waals surface area (Å²) in [7, 11) is 1.92. The van der Waals surface area contributed by atoms with Crippen molar-refractivity contribution in [1.82, 2.24) is 15.5 Å². The van der Waals surface area contributed by atoms with Gasteiger partial charge in [-0.3, -0.25) is 4.79 Å². The minimum absolute atomic E-state index is 0.155. The van der Waals surface area contributed by atoms with Crippen molar-refractivity contribution in [2.45, 2.75) is 38.3 Å². The van der Waals surface area contributed by atoms with Crippen LogP contribution in [0.3, 0.4) is 0 Å². The van der Waals surface area contributed by atoms with Crippen molar-refractivity contribution in [3.8, 4) is 11.3 Å². The summed E-state index contributed by atoms with van der Waals surface area (Å²) in [5.74, 6) is 0.507. The van der Waals surface area contributed by atoms with Crippen LogP contribution < -0.4 is 5.32 Å². The molecule has 27 heavy (non-hydrogen) atoms. The predicted molar refractivity (Wildman–Crippen MR) is 103 cm³/mol. The Morgan fingerprint density at radius 1 is 1.44 bits per heavy atom. The van der Waals surface area contributed by atoms with Crippen LogP contribution in [-0.2, 0) is 0 Å². The Hall–Kier alpha value is -2.67. The molecule has 3 rings (SSSR count). The van der Waals surface area contributed by atoms with E-state index < -0.39 is 0 Å². The summed E-state index contributed by atoms with van der Waals surface area (Å²) >= 11 is 0. The van der Waals surface area contributed by atoms with Crippen molar-refractivity contribution in [2.75, 3.05) is 13.6 Å². The van der Waals surface area contributed by atoms with Crippen molar-refractivity contribution < 1.29 is 14.4 Å². The van der Waals surface area contributed by atoms with Crippen LogP contribution in [0, 0.1) is 5.92 Å². The molecule has 1 aromatic carbocycles. The zero-order valence-electron chi connectivity index (χ0n) is 15.7. The molecular formula is C20H26N4O3. The molecule has 1 amide bonds. The minimum atomic E-state index is -0.371. The molecular weight excluding hydrogens is 344 g/mol. The van der Waals surface area contributed by atoms with Crippen molar-refractivity contribution in [2.24, 2.45) is 11.0 Å². The fourth-order valence-corrected chi connectivity index (χ4v) is 3.15. The van der Waals surface area contributed by atoms with Crippen LogP contribution in [-0.4, -0.2) is 53.1 Å². The second kappa shape index (κ2) is 8.81. The van der Waals surface area contributed by atoms with Gasteiger partial charge in [0, 0.05) is 43.9 Å². The van der Waals surface area contributed by atoms with Crippen LogP contribution in [0.25, 0.3) is 11.3 Å². The Labute approximate surface area is 159 Å². The van der Waals surface area contributed by atoms with E-state index >= 15 is 0 Å². The first-order chi connectivity index (χ1) is 13.0. The van der Waals surface area contributed by atoms with E-state index in [1.807, 2.05) is 42.4 Å². The molecule has 1 aromatic heterocycles. The molecule has 1 atom stereocenters. The smallest absolute Gasteiger partial charge is 0.290 e. The summed E-state index contributed by atoms with van der Waals surface area (Å²) in [4.78, 5) is 12.3. The number of amides is 1. The molecule has 0 spiro atoms. The third-order valence-corrected chi connectivity index (χ3v) is 4.62. The Balaban J connectivity index is 1.42. The molecule has 0 radical (unpaired) electrons. The lowest BCUT2D eigenvalue weighted by Gasteiger charge is -2.37. The van der Waals surface area contributed by atoms with Crippen LogP contribution in [0.4, 0.5) is 0 Å². The number of carbonyl (C=O) groups is 1. The van der Waals surface area contributed by atoms with Crippen molar-refractivity contribution >= 4 is 12.1 Å². The third kappa shape index (κ3) is 5.40. The summed E-state index contributed by atoms with van der Waals surface area (Å²) in [6.07, 6.45) is 3.75. The van der Waals surface area contributed by atoms with Crippen LogP contribution in [0.2, 0.25) is 0 Å². The molecule has 1 aliphatic rings. The molecule has 0 bridgehead atoms. The van der Waals surface area contributed by atoms with Gasteiger partial charge in [-0.2, -0.15) is 5.10 Å². The van der Waals surface area contributed by atoms with Gasteiger partial charge in [0.05, 0.1) is 6.10 Å². The number of hydrogen-bond donors (Lipinski definition) is 2. The van der Waals surface area contributed by atoms with Gasteiger partial charge in [-0.1, -0.05) is 35.5 Å². The molecule has 1 heterocycles. The number of nitrogens with one attached hydrogen (secondary N) is 1. The number of hydrogen-bond acceptors (Lipinski definition) is 6. The van der Waals surface area contributed by atoms with Crippen LogP contribution in [0.15, 0.2) is 46.0 Å². The van der Waals surface area contributed by atoms with E-state index in [1.54, 1.807) is 19.2 Å². The maximum absolute atomic E-state index is 12.3. The maximum Gasteiger partial charge on any atom is 0.290 e. The molecule has 7 nitrogen and oxygen atoms in total. The second-order valence-corrected chi connectivity index (χ2v) is 7.17. The molecule has 2 N–H and O–H groups in total. The van der Waals surface area contributed by atoms with Crippen LogP contribution in [0.5, 0.6) is 0 Å². The summed E-state index contributed by atoms with van der Waals surface area (Å²) in [6, 6.07) is 11.5. The van der Waals surface area contributed by atoms with Crippen molar-refractivity contribution in [3.05, 3.63) is 42.2 Å². The average molecular weight is 370 g/mol. The summed E-state index contributed by atoms with van der Waals surface area (Å²) in [5, 5.41) is 22.4. The highest BCUT2D eigenvalue weighted by atomic mass is 16.5. The Morgan fingerprint density at radius 3 is 2.89 bits per heavy atom. The van der Waals surface area contributed by atoms with Crippen LogP contribution in [0.1, 0.15) is 36.7 Å². The Kier molecular flexibility index (Phi) is 6.24. The number of carbonyl (C=O) groups excluding carboxylic acids is 1. The number of benzene rings is 1. The highest BCUT2D eigenvalue weighted by molar-refractivity contribution is 5.92. The highest BCUT2D eigenvalue weighted by Gasteiger charge is 2.31. The monoisotopic (exact) mass is 370 g/mol. The van der Waals surface area contributed by atoms with Gasteiger partial charge < -0.3 is 20.0 Å². The van der Waals surface area contributed by atoms with E-state index in [4.69, 9.17) is 4.52 Å². The molecule has 7 heteroatoms. The lowest BCUT2D eigenvalue weighted by molar-refractivity contribution is 0.0833. The summed E-state index contributed by atoms with van der Waals surface area (Å²) < 4.78 is 5.20. The zero-order valence-corrected chi connectivity index (χ0v) is 15.7. The Bertz CT molecular complexity index is 767. The third-order valence-electron chi connectivity index (χ3n) is 4.62. The first-order valence-corrected chi connectivity index (χ1v) is 9.26. The summed E-state index contributed by atoms with van der Waals surface area (Å²) in [6.45, 7) is 2.58. The number of hydrazone groups is 1. The SMILES string of the molecule is C[C@@H](O)C/C=N\N(C)C[C@H]1C[C@H](NC(=O)c2cc(-c3ccccc3)no2)C1. The van der Waals surface area contributed by atoms with Crippen molar-refractivity contribution in [3.63, 3.8) is 0 Å². The van der Waals surface area contributed by atoms with E-state index in [2.05, 4.69) is 15.6 Å².